The van der Waals surface area contributed by atoms with E-state index in [9.17, 15) is 15.0 Å². The summed E-state index contributed by atoms with van der Waals surface area (Å²) >= 11 is 0. The van der Waals surface area contributed by atoms with Gasteiger partial charge in [0.1, 0.15) is 11.9 Å². The first kappa shape index (κ1) is 16.5. The normalized spacial score (nSPS) is 13.7. The SMILES string of the molecule is COc1cc(C)c(C(O)C(O)CCNC(C)=O)c(C)c1. The highest BCUT2D eigenvalue weighted by Crippen LogP contribution is 2.29. The van der Waals surface area contributed by atoms with Crippen molar-refractivity contribution in [1.29, 1.82) is 0 Å². The quantitative estimate of drug-likeness (QED) is 0.733. The highest BCUT2D eigenvalue weighted by Gasteiger charge is 2.22. The second-order valence-electron chi connectivity index (χ2n) is 4.96. The van der Waals surface area contributed by atoms with E-state index in [4.69, 9.17) is 4.74 Å². The number of hydrogen-bond donors (Lipinski definition) is 3. The third-order valence-electron chi connectivity index (χ3n) is 3.28. The van der Waals surface area contributed by atoms with Gasteiger partial charge < -0.3 is 20.3 Å². The molecule has 0 spiro atoms. The first-order valence-corrected chi connectivity index (χ1v) is 6.62. The lowest BCUT2D eigenvalue weighted by Crippen LogP contribution is -2.28. The van der Waals surface area contributed by atoms with E-state index in [1.165, 1.54) is 6.92 Å². The lowest BCUT2D eigenvalue weighted by molar-refractivity contribution is -0.119. The Morgan fingerprint density at radius 3 is 2.30 bits per heavy atom. The van der Waals surface area contributed by atoms with Crippen LogP contribution in [-0.2, 0) is 4.79 Å². The van der Waals surface area contributed by atoms with Crippen LogP contribution >= 0.6 is 0 Å². The molecule has 0 saturated carbocycles. The molecule has 1 amide bonds. The molecule has 1 rings (SSSR count). The molecule has 1 aromatic rings. The lowest BCUT2D eigenvalue weighted by Gasteiger charge is -2.22. The van der Waals surface area contributed by atoms with Crippen molar-refractivity contribution < 1.29 is 19.7 Å². The first-order chi connectivity index (χ1) is 9.36. The summed E-state index contributed by atoms with van der Waals surface area (Å²) in [6.07, 6.45) is -1.60. The van der Waals surface area contributed by atoms with Crippen LogP contribution in [0, 0.1) is 13.8 Å². The maximum Gasteiger partial charge on any atom is 0.216 e. The second kappa shape index (κ2) is 7.26. The first-order valence-electron chi connectivity index (χ1n) is 6.62. The summed E-state index contributed by atoms with van der Waals surface area (Å²) in [7, 11) is 1.59. The minimum atomic E-state index is -0.977. The molecule has 0 fully saturated rings. The van der Waals surface area contributed by atoms with Gasteiger partial charge >= 0.3 is 0 Å². The Hall–Kier alpha value is -1.59. The van der Waals surface area contributed by atoms with Crippen molar-refractivity contribution in [3.8, 4) is 5.75 Å². The van der Waals surface area contributed by atoms with Gasteiger partial charge in [-0.15, -0.1) is 0 Å². The Balaban J connectivity index is 2.80. The molecule has 1 aromatic carbocycles. The number of aliphatic hydroxyl groups excluding tert-OH is 2. The highest BCUT2D eigenvalue weighted by molar-refractivity contribution is 5.72. The van der Waals surface area contributed by atoms with E-state index in [0.29, 0.717) is 18.5 Å². The summed E-state index contributed by atoms with van der Waals surface area (Å²) in [5, 5.41) is 22.9. The van der Waals surface area contributed by atoms with Crippen LogP contribution in [0.4, 0.5) is 0 Å². The highest BCUT2D eigenvalue weighted by atomic mass is 16.5. The fraction of sp³-hybridized carbons (Fsp3) is 0.533. The van der Waals surface area contributed by atoms with Crippen LogP contribution in [-0.4, -0.2) is 35.9 Å². The number of methoxy groups -OCH3 is 1. The van der Waals surface area contributed by atoms with Crippen LogP contribution < -0.4 is 10.1 Å². The molecule has 0 aliphatic heterocycles. The van der Waals surface area contributed by atoms with Gasteiger partial charge in [0.15, 0.2) is 0 Å². The molecule has 0 bridgehead atoms. The molecule has 0 aliphatic carbocycles. The van der Waals surface area contributed by atoms with Crippen molar-refractivity contribution in [2.75, 3.05) is 13.7 Å². The van der Waals surface area contributed by atoms with E-state index in [2.05, 4.69) is 5.32 Å². The molecule has 0 aliphatic rings. The molecule has 0 radical (unpaired) electrons. The summed E-state index contributed by atoms with van der Waals surface area (Å²) in [5.74, 6) is 0.576. The van der Waals surface area contributed by atoms with E-state index in [1.807, 2.05) is 26.0 Å². The zero-order valence-corrected chi connectivity index (χ0v) is 12.4. The number of aryl methyl sites for hydroxylation is 2. The Bertz CT molecular complexity index is 450. The summed E-state index contributed by atoms with van der Waals surface area (Å²) in [6.45, 7) is 5.49. The van der Waals surface area contributed by atoms with Gasteiger partial charge in [-0.25, -0.2) is 0 Å². The molecule has 0 saturated heterocycles. The van der Waals surface area contributed by atoms with Gasteiger partial charge in [0.25, 0.3) is 0 Å². The van der Waals surface area contributed by atoms with Crippen molar-refractivity contribution in [3.05, 3.63) is 28.8 Å². The van der Waals surface area contributed by atoms with E-state index in [-0.39, 0.29) is 5.91 Å². The van der Waals surface area contributed by atoms with Gasteiger partial charge in [0.2, 0.25) is 5.91 Å². The van der Waals surface area contributed by atoms with Gasteiger partial charge in [-0.1, -0.05) is 0 Å². The van der Waals surface area contributed by atoms with Gasteiger partial charge in [0, 0.05) is 13.5 Å². The monoisotopic (exact) mass is 281 g/mol. The molecule has 112 valence electrons. The molecule has 3 N–H and O–H groups in total. The zero-order valence-electron chi connectivity index (χ0n) is 12.4. The average molecular weight is 281 g/mol. The van der Waals surface area contributed by atoms with Crippen molar-refractivity contribution in [1.82, 2.24) is 5.32 Å². The largest absolute Gasteiger partial charge is 0.497 e. The minimum absolute atomic E-state index is 0.150. The topological polar surface area (TPSA) is 78.8 Å². The molecule has 20 heavy (non-hydrogen) atoms. The number of carbonyl (C=O) groups is 1. The van der Waals surface area contributed by atoms with Gasteiger partial charge in [-0.2, -0.15) is 0 Å². The maximum atomic E-state index is 10.8. The van der Waals surface area contributed by atoms with Crippen LogP contribution in [0.5, 0.6) is 5.75 Å². The van der Waals surface area contributed by atoms with Crippen molar-refractivity contribution in [2.24, 2.45) is 0 Å². The summed E-state index contributed by atoms with van der Waals surface area (Å²) in [6, 6.07) is 3.65. The number of aliphatic hydroxyl groups is 2. The van der Waals surface area contributed by atoms with Gasteiger partial charge in [0.05, 0.1) is 13.2 Å². The smallest absolute Gasteiger partial charge is 0.216 e. The van der Waals surface area contributed by atoms with Crippen LogP contribution in [0.15, 0.2) is 12.1 Å². The predicted molar refractivity (Wildman–Crippen MR) is 76.7 cm³/mol. The molecule has 2 unspecified atom stereocenters. The van der Waals surface area contributed by atoms with Gasteiger partial charge in [-0.05, 0) is 49.1 Å². The van der Waals surface area contributed by atoms with Crippen LogP contribution in [0.1, 0.15) is 36.1 Å². The molecule has 2 atom stereocenters. The Kier molecular flexibility index (Phi) is 5.98. The third kappa shape index (κ3) is 4.21. The van der Waals surface area contributed by atoms with E-state index >= 15 is 0 Å². The Labute approximate surface area is 119 Å². The fourth-order valence-corrected chi connectivity index (χ4v) is 2.27. The molecular formula is C15H23NO4. The number of benzene rings is 1. The fourth-order valence-electron chi connectivity index (χ4n) is 2.27. The van der Waals surface area contributed by atoms with Gasteiger partial charge in [-0.3, -0.25) is 4.79 Å². The molecule has 0 heterocycles. The number of rotatable bonds is 6. The minimum Gasteiger partial charge on any atom is -0.497 e. The second-order valence-corrected chi connectivity index (χ2v) is 4.96. The Morgan fingerprint density at radius 1 is 1.30 bits per heavy atom. The van der Waals surface area contributed by atoms with E-state index in [0.717, 1.165) is 16.9 Å². The summed E-state index contributed by atoms with van der Waals surface area (Å²) < 4.78 is 5.17. The third-order valence-corrected chi connectivity index (χ3v) is 3.28. The van der Waals surface area contributed by atoms with Crippen molar-refractivity contribution >= 4 is 5.91 Å². The predicted octanol–water partition coefficient (Wildman–Crippen LogP) is 1.23. The Morgan fingerprint density at radius 2 is 1.85 bits per heavy atom. The van der Waals surface area contributed by atoms with Crippen LogP contribution in [0.2, 0.25) is 0 Å². The number of carbonyl (C=O) groups excluding carboxylic acids is 1. The lowest BCUT2D eigenvalue weighted by atomic mass is 9.93. The van der Waals surface area contributed by atoms with Crippen molar-refractivity contribution in [2.45, 2.75) is 39.4 Å². The van der Waals surface area contributed by atoms with Crippen LogP contribution in [0.25, 0.3) is 0 Å². The van der Waals surface area contributed by atoms with Crippen LogP contribution in [0.3, 0.4) is 0 Å². The number of nitrogens with one attached hydrogen (secondary N) is 1. The summed E-state index contributed by atoms with van der Waals surface area (Å²) in [5.41, 5.74) is 2.45. The maximum absolute atomic E-state index is 10.8. The molecule has 0 aromatic heterocycles. The van der Waals surface area contributed by atoms with Crippen molar-refractivity contribution in [3.63, 3.8) is 0 Å². The summed E-state index contributed by atoms with van der Waals surface area (Å²) in [4.78, 5) is 10.8. The van der Waals surface area contributed by atoms with E-state index < -0.39 is 12.2 Å². The number of hydrogen-bond acceptors (Lipinski definition) is 4. The van der Waals surface area contributed by atoms with E-state index in [1.54, 1.807) is 7.11 Å². The number of ether oxygens (including phenoxy) is 1. The zero-order chi connectivity index (χ0) is 15.3. The number of amides is 1. The molecular weight excluding hydrogens is 258 g/mol. The standard InChI is InChI=1S/C15H23NO4/c1-9-7-12(20-4)8-10(2)14(9)15(19)13(18)5-6-16-11(3)17/h7-8,13,15,18-19H,5-6H2,1-4H3,(H,16,17). The molecule has 5 heteroatoms. The average Bonchev–Trinajstić information content (AvgIpc) is 2.36. The molecule has 5 nitrogen and oxygen atoms in total.